The van der Waals surface area contributed by atoms with Gasteiger partial charge in [0.15, 0.2) is 0 Å². The molecule has 1 rings (SSSR count). The molecular weight excluding hydrogens is 217 g/mol. The molecule has 3 heteroatoms. The van der Waals surface area contributed by atoms with Crippen molar-refractivity contribution in [3.63, 3.8) is 0 Å². The molecule has 1 aromatic rings. The van der Waals surface area contributed by atoms with Gasteiger partial charge in [0.05, 0.1) is 10.0 Å². The first-order chi connectivity index (χ1) is 6.61. The Kier molecular flexibility index (Phi) is 10.5. The molecule has 82 valence electrons. The number of halogens is 2. The van der Waals surface area contributed by atoms with Crippen LogP contribution in [0.3, 0.4) is 0 Å². The molecule has 2 N–H and O–H groups in total. The van der Waals surface area contributed by atoms with Crippen LogP contribution in [-0.4, -0.2) is 0 Å². The van der Waals surface area contributed by atoms with E-state index in [1.807, 2.05) is 34.6 Å². The van der Waals surface area contributed by atoms with Gasteiger partial charge in [0.1, 0.15) is 0 Å². The topological polar surface area (TPSA) is 26.0 Å². The van der Waals surface area contributed by atoms with Crippen LogP contribution in [-0.2, 0) is 0 Å². The molecule has 0 amide bonds. The first-order valence-electron chi connectivity index (χ1n) is 4.82. The molecule has 14 heavy (non-hydrogen) atoms. The lowest BCUT2D eigenvalue weighted by Crippen LogP contribution is -1.88. The van der Waals surface area contributed by atoms with Crippen LogP contribution in [0, 0.1) is 6.92 Å². The van der Waals surface area contributed by atoms with E-state index in [0.29, 0.717) is 15.7 Å². The van der Waals surface area contributed by atoms with Gasteiger partial charge in [0.25, 0.3) is 0 Å². The Labute approximate surface area is 97.2 Å². The fraction of sp³-hybridized carbons (Fsp3) is 0.455. The smallest absolute Gasteiger partial charge is 0.0612 e. The molecule has 0 aliphatic rings. The van der Waals surface area contributed by atoms with Crippen LogP contribution >= 0.6 is 23.2 Å². The fourth-order valence-electron chi connectivity index (χ4n) is 0.662. The van der Waals surface area contributed by atoms with Gasteiger partial charge in [-0.25, -0.2) is 0 Å². The molecule has 0 atom stereocenters. The van der Waals surface area contributed by atoms with Crippen LogP contribution in [0.15, 0.2) is 12.1 Å². The molecule has 1 nitrogen and oxygen atoms in total. The van der Waals surface area contributed by atoms with Crippen LogP contribution < -0.4 is 5.73 Å². The van der Waals surface area contributed by atoms with E-state index < -0.39 is 0 Å². The lowest BCUT2D eigenvalue weighted by Gasteiger charge is -2.00. The maximum absolute atomic E-state index is 5.70. The Bertz CT molecular complexity index is 209. The van der Waals surface area contributed by atoms with Crippen molar-refractivity contribution in [2.24, 2.45) is 0 Å². The number of nitrogen functional groups attached to an aromatic ring is 1. The number of hydrogen-bond donors (Lipinski definition) is 1. The Balaban J connectivity index is 0. The second kappa shape index (κ2) is 9.17. The Morgan fingerprint density at radius 1 is 0.929 bits per heavy atom. The third-order valence-corrected chi connectivity index (χ3v) is 2.03. The van der Waals surface area contributed by atoms with Gasteiger partial charge in [-0.05, 0) is 24.6 Å². The summed E-state index contributed by atoms with van der Waals surface area (Å²) >= 11 is 11.4. The molecule has 0 unspecified atom stereocenters. The standard InChI is InChI=1S/C7H7Cl2N.2C2H6/c1-4-2-5(8)6(9)3-7(4)10;2*1-2/h2-3H,10H2,1H3;2*1-2H3. The first kappa shape index (κ1) is 16.0. The van der Waals surface area contributed by atoms with Crippen LogP contribution in [0.25, 0.3) is 0 Å². The van der Waals surface area contributed by atoms with E-state index in [0.717, 1.165) is 5.56 Å². The molecule has 0 bridgehead atoms. The van der Waals surface area contributed by atoms with Gasteiger partial charge in [-0.2, -0.15) is 0 Å². The summed E-state index contributed by atoms with van der Waals surface area (Å²) in [5.74, 6) is 0. The molecular formula is C11H19Cl2N. The Morgan fingerprint density at radius 3 is 1.64 bits per heavy atom. The summed E-state index contributed by atoms with van der Waals surface area (Å²) in [7, 11) is 0. The summed E-state index contributed by atoms with van der Waals surface area (Å²) in [5.41, 5.74) is 7.17. The molecule has 0 aliphatic carbocycles. The minimum atomic E-state index is 0.504. The van der Waals surface area contributed by atoms with E-state index in [-0.39, 0.29) is 0 Å². The summed E-state index contributed by atoms with van der Waals surface area (Å²) in [5, 5.41) is 1.05. The van der Waals surface area contributed by atoms with E-state index in [9.17, 15) is 0 Å². The summed E-state index contributed by atoms with van der Waals surface area (Å²) in [6.07, 6.45) is 0. The highest BCUT2D eigenvalue weighted by Gasteiger charge is 1.99. The highest BCUT2D eigenvalue weighted by atomic mass is 35.5. The lowest BCUT2D eigenvalue weighted by molar-refractivity contribution is 1.47. The second-order valence-corrected chi connectivity index (χ2v) is 2.94. The van der Waals surface area contributed by atoms with Crippen molar-refractivity contribution in [3.8, 4) is 0 Å². The zero-order chi connectivity index (χ0) is 11.7. The molecule has 1 aromatic carbocycles. The first-order valence-corrected chi connectivity index (χ1v) is 5.58. The van der Waals surface area contributed by atoms with E-state index in [2.05, 4.69) is 0 Å². The molecule has 0 aromatic heterocycles. The van der Waals surface area contributed by atoms with Crippen molar-refractivity contribution in [1.82, 2.24) is 0 Å². The molecule has 0 heterocycles. The molecule has 0 saturated carbocycles. The lowest BCUT2D eigenvalue weighted by atomic mass is 10.2. The largest absolute Gasteiger partial charge is 0.398 e. The monoisotopic (exact) mass is 235 g/mol. The third kappa shape index (κ3) is 5.36. The van der Waals surface area contributed by atoms with Crippen LogP contribution in [0.2, 0.25) is 10.0 Å². The predicted molar refractivity (Wildman–Crippen MR) is 68.3 cm³/mol. The van der Waals surface area contributed by atoms with Crippen molar-refractivity contribution in [3.05, 3.63) is 27.7 Å². The van der Waals surface area contributed by atoms with E-state index >= 15 is 0 Å². The summed E-state index contributed by atoms with van der Waals surface area (Å²) in [4.78, 5) is 0. The van der Waals surface area contributed by atoms with Crippen LogP contribution in [0.1, 0.15) is 33.3 Å². The van der Waals surface area contributed by atoms with E-state index in [1.165, 1.54) is 0 Å². The van der Waals surface area contributed by atoms with Crippen LogP contribution in [0.5, 0.6) is 0 Å². The zero-order valence-corrected chi connectivity index (χ0v) is 11.0. The average Bonchev–Trinajstić information content (AvgIpc) is 2.21. The SMILES string of the molecule is CC.CC.Cc1cc(Cl)c(Cl)cc1N. The fourth-order valence-corrected chi connectivity index (χ4v) is 1.05. The number of anilines is 1. The highest BCUT2D eigenvalue weighted by Crippen LogP contribution is 2.26. The summed E-state index contributed by atoms with van der Waals surface area (Å²) < 4.78 is 0. The predicted octanol–water partition coefficient (Wildman–Crippen LogP) is 4.94. The van der Waals surface area contributed by atoms with Crippen molar-refractivity contribution >= 4 is 28.9 Å². The second-order valence-electron chi connectivity index (χ2n) is 2.12. The molecule has 0 radical (unpaired) electrons. The quantitative estimate of drug-likeness (QED) is 0.634. The van der Waals surface area contributed by atoms with Gasteiger partial charge < -0.3 is 5.73 Å². The molecule has 0 fully saturated rings. The number of hydrogen-bond acceptors (Lipinski definition) is 1. The van der Waals surface area contributed by atoms with Gasteiger partial charge in [0.2, 0.25) is 0 Å². The number of benzene rings is 1. The van der Waals surface area contributed by atoms with Gasteiger partial charge in [-0.1, -0.05) is 50.9 Å². The third-order valence-electron chi connectivity index (χ3n) is 1.31. The van der Waals surface area contributed by atoms with Crippen molar-refractivity contribution in [1.29, 1.82) is 0 Å². The maximum Gasteiger partial charge on any atom is 0.0612 e. The van der Waals surface area contributed by atoms with Gasteiger partial charge in [-0.3, -0.25) is 0 Å². The minimum Gasteiger partial charge on any atom is -0.398 e. The molecule has 0 saturated heterocycles. The van der Waals surface area contributed by atoms with E-state index in [1.54, 1.807) is 12.1 Å². The normalized spacial score (nSPS) is 7.93. The molecule has 0 aliphatic heterocycles. The van der Waals surface area contributed by atoms with Crippen molar-refractivity contribution in [2.45, 2.75) is 34.6 Å². The maximum atomic E-state index is 5.70. The van der Waals surface area contributed by atoms with Crippen molar-refractivity contribution in [2.75, 3.05) is 5.73 Å². The molecule has 0 spiro atoms. The number of rotatable bonds is 0. The van der Waals surface area contributed by atoms with E-state index in [4.69, 9.17) is 28.9 Å². The van der Waals surface area contributed by atoms with Gasteiger partial charge in [0, 0.05) is 5.69 Å². The summed E-state index contributed by atoms with van der Waals surface area (Å²) in [6, 6.07) is 3.40. The minimum absolute atomic E-state index is 0.504. The number of nitrogens with two attached hydrogens (primary N) is 1. The Hall–Kier alpha value is -0.400. The van der Waals surface area contributed by atoms with Crippen LogP contribution in [0.4, 0.5) is 5.69 Å². The zero-order valence-electron chi connectivity index (χ0n) is 9.49. The van der Waals surface area contributed by atoms with Gasteiger partial charge in [-0.15, -0.1) is 0 Å². The Morgan fingerprint density at radius 2 is 1.29 bits per heavy atom. The highest BCUT2D eigenvalue weighted by molar-refractivity contribution is 6.42. The average molecular weight is 236 g/mol. The summed E-state index contributed by atoms with van der Waals surface area (Å²) in [6.45, 7) is 9.89. The number of aryl methyl sites for hydroxylation is 1. The van der Waals surface area contributed by atoms with Crippen molar-refractivity contribution < 1.29 is 0 Å². The van der Waals surface area contributed by atoms with Gasteiger partial charge >= 0.3 is 0 Å².